The van der Waals surface area contributed by atoms with Crippen molar-refractivity contribution in [1.82, 2.24) is 0 Å². The standard InChI is InChI=1S/C38H72O3/c1-3-5-7-9-11-13-15-17-18-19-20-21-22-24-26-28-30-32-34-36-38(40)41-37(39)35-33-31-29-27-25-23-16-14-12-10-8-6-4-2/h14,16H,3-13,15,17-36H2,1-2H3/b16-14-. The number of rotatable bonds is 33. The summed E-state index contributed by atoms with van der Waals surface area (Å²) in [6.07, 6.45) is 44.1. The number of hydrogen-bond acceptors (Lipinski definition) is 3. The molecule has 0 aliphatic carbocycles. The number of esters is 2. The van der Waals surface area contributed by atoms with Crippen LogP contribution in [0.1, 0.15) is 219 Å². The summed E-state index contributed by atoms with van der Waals surface area (Å²) in [5.41, 5.74) is 0. The van der Waals surface area contributed by atoms with Gasteiger partial charge in [-0.1, -0.05) is 180 Å². The van der Waals surface area contributed by atoms with E-state index in [9.17, 15) is 9.59 Å². The molecular weight excluding hydrogens is 504 g/mol. The van der Waals surface area contributed by atoms with Crippen LogP contribution in [0.5, 0.6) is 0 Å². The van der Waals surface area contributed by atoms with Crippen molar-refractivity contribution < 1.29 is 14.3 Å². The molecule has 0 unspecified atom stereocenters. The van der Waals surface area contributed by atoms with Gasteiger partial charge in [0, 0.05) is 12.8 Å². The van der Waals surface area contributed by atoms with E-state index in [0.29, 0.717) is 12.8 Å². The van der Waals surface area contributed by atoms with E-state index in [2.05, 4.69) is 26.0 Å². The Labute approximate surface area is 257 Å². The van der Waals surface area contributed by atoms with Gasteiger partial charge < -0.3 is 4.74 Å². The minimum atomic E-state index is -0.334. The monoisotopic (exact) mass is 577 g/mol. The van der Waals surface area contributed by atoms with E-state index >= 15 is 0 Å². The van der Waals surface area contributed by atoms with E-state index in [1.54, 1.807) is 0 Å². The number of carbonyl (C=O) groups is 2. The molecule has 0 spiro atoms. The molecule has 3 nitrogen and oxygen atoms in total. The maximum Gasteiger partial charge on any atom is 0.313 e. The Morgan fingerprint density at radius 1 is 0.366 bits per heavy atom. The highest BCUT2D eigenvalue weighted by Gasteiger charge is 2.09. The van der Waals surface area contributed by atoms with Crippen LogP contribution in [0.3, 0.4) is 0 Å². The number of unbranched alkanes of at least 4 members (excludes halogenated alkanes) is 27. The molecular formula is C38H72O3. The summed E-state index contributed by atoms with van der Waals surface area (Å²) in [4.78, 5) is 23.8. The van der Waals surface area contributed by atoms with Crippen molar-refractivity contribution in [2.45, 2.75) is 219 Å². The zero-order valence-corrected chi connectivity index (χ0v) is 28.0. The number of hydrogen-bond donors (Lipinski definition) is 0. The zero-order chi connectivity index (χ0) is 29.9. The second kappa shape index (κ2) is 35.1. The normalized spacial score (nSPS) is 11.5. The molecule has 0 aromatic heterocycles. The molecule has 0 saturated carbocycles. The first-order valence-corrected chi connectivity index (χ1v) is 18.6. The summed E-state index contributed by atoms with van der Waals surface area (Å²) in [6, 6.07) is 0. The zero-order valence-electron chi connectivity index (χ0n) is 28.0. The van der Waals surface area contributed by atoms with Crippen LogP contribution in [0.2, 0.25) is 0 Å². The van der Waals surface area contributed by atoms with Crippen molar-refractivity contribution in [3.05, 3.63) is 12.2 Å². The van der Waals surface area contributed by atoms with Gasteiger partial charge in [-0.05, 0) is 38.5 Å². The molecule has 0 radical (unpaired) electrons. The molecule has 0 aliphatic heterocycles. The Hall–Kier alpha value is -1.12. The summed E-state index contributed by atoms with van der Waals surface area (Å²) >= 11 is 0. The molecule has 0 aromatic rings. The van der Waals surface area contributed by atoms with Crippen LogP contribution in [0.15, 0.2) is 12.2 Å². The SMILES string of the molecule is CCCCCC/C=C\CCCCCCCC(=O)OC(=O)CCCCCCCCCCCCCCCCCCCCC. The topological polar surface area (TPSA) is 43.4 Å². The van der Waals surface area contributed by atoms with Crippen LogP contribution in [0.4, 0.5) is 0 Å². The fourth-order valence-electron chi connectivity index (χ4n) is 5.56. The van der Waals surface area contributed by atoms with Crippen molar-refractivity contribution in [2.24, 2.45) is 0 Å². The Morgan fingerprint density at radius 3 is 0.927 bits per heavy atom. The maximum atomic E-state index is 11.9. The van der Waals surface area contributed by atoms with Gasteiger partial charge in [-0.25, -0.2) is 0 Å². The average Bonchev–Trinajstić information content (AvgIpc) is 2.96. The highest BCUT2D eigenvalue weighted by molar-refractivity contribution is 5.85. The second-order valence-corrected chi connectivity index (χ2v) is 12.6. The smallest absolute Gasteiger partial charge is 0.313 e. The van der Waals surface area contributed by atoms with Gasteiger partial charge in [0.15, 0.2) is 0 Å². The molecule has 0 rings (SSSR count). The summed E-state index contributed by atoms with van der Waals surface area (Å²) in [5, 5.41) is 0. The van der Waals surface area contributed by atoms with Crippen LogP contribution in [0.25, 0.3) is 0 Å². The third-order valence-electron chi connectivity index (χ3n) is 8.35. The van der Waals surface area contributed by atoms with E-state index in [4.69, 9.17) is 4.74 Å². The minimum Gasteiger partial charge on any atom is -0.393 e. The van der Waals surface area contributed by atoms with Gasteiger partial charge in [-0.15, -0.1) is 0 Å². The van der Waals surface area contributed by atoms with Crippen LogP contribution >= 0.6 is 0 Å². The van der Waals surface area contributed by atoms with Gasteiger partial charge in [0.2, 0.25) is 0 Å². The summed E-state index contributed by atoms with van der Waals surface area (Å²) < 4.78 is 5.01. The van der Waals surface area contributed by atoms with Crippen molar-refractivity contribution in [3.8, 4) is 0 Å². The molecule has 0 N–H and O–H groups in total. The third-order valence-corrected chi connectivity index (χ3v) is 8.35. The molecule has 0 fully saturated rings. The highest BCUT2D eigenvalue weighted by atomic mass is 16.6. The molecule has 0 saturated heterocycles. The molecule has 41 heavy (non-hydrogen) atoms. The lowest BCUT2D eigenvalue weighted by Crippen LogP contribution is -2.11. The van der Waals surface area contributed by atoms with Crippen molar-refractivity contribution in [2.75, 3.05) is 0 Å². The third kappa shape index (κ3) is 35.0. The number of allylic oxidation sites excluding steroid dienone is 2. The summed E-state index contributed by atoms with van der Waals surface area (Å²) in [6.45, 7) is 4.54. The predicted octanol–water partition coefficient (Wildman–Crippen LogP) is 13.1. The summed E-state index contributed by atoms with van der Waals surface area (Å²) in [7, 11) is 0. The van der Waals surface area contributed by atoms with E-state index in [0.717, 1.165) is 32.1 Å². The predicted molar refractivity (Wildman–Crippen MR) is 179 cm³/mol. The molecule has 0 amide bonds. The Kier molecular flexibility index (Phi) is 34.1. The fourth-order valence-corrected chi connectivity index (χ4v) is 5.56. The second-order valence-electron chi connectivity index (χ2n) is 12.6. The van der Waals surface area contributed by atoms with Gasteiger partial charge in [0.05, 0.1) is 0 Å². The number of ether oxygens (including phenoxy) is 1. The molecule has 0 aliphatic rings. The van der Waals surface area contributed by atoms with E-state index in [-0.39, 0.29) is 11.9 Å². The van der Waals surface area contributed by atoms with Gasteiger partial charge in [-0.3, -0.25) is 9.59 Å². The molecule has 0 heterocycles. The Balaban J connectivity index is 3.29. The molecule has 0 atom stereocenters. The van der Waals surface area contributed by atoms with Gasteiger partial charge in [-0.2, -0.15) is 0 Å². The van der Waals surface area contributed by atoms with Crippen LogP contribution in [-0.2, 0) is 14.3 Å². The fraction of sp³-hybridized carbons (Fsp3) is 0.895. The van der Waals surface area contributed by atoms with Gasteiger partial charge in [0.1, 0.15) is 0 Å². The van der Waals surface area contributed by atoms with Crippen molar-refractivity contribution in [1.29, 1.82) is 0 Å². The molecule has 242 valence electrons. The van der Waals surface area contributed by atoms with E-state index in [1.165, 1.54) is 161 Å². The first-order valence-electron chi connectivity index (χ1n) is 18.6. The lowest BCUT2D eigenvalue weighted by molar-refractivity contribution is -0.159. The molecule has 3 heteroatoms. The van der Waals surface area contributed by atoms with Crippen LogP contribution in [-0.4, -0.2) is 11.9 Å². The van der Waals surface area contributed by atoms with Crippen LogP contribution < -0.4 is 0 Å². The first kappa shape index (κ1) is 39.9. The molecule has 0 bridgehead atoms. The quantitative estimate of drug-likeness (QED) is 0.0338. The van der Waals surface area contributed by atoms with Crippen molar-refractivity contribution >= 4 is 11.9 Å². The minimum absolute atomic E-state index is 0.330. The first-order chi connectivity index (χ1) is 20.2. The van der Waals surface area contributed by atoms with Gasteiger partial charge in [0.25, 0.3) is 0 Å². The average molecular weight is 577 g/mol. The van der Waals surface area contributed by atoms with Crippen LogP contribution in [0, 0.1) is 0 Å². The van der Waals surface area contributed by atoms with E-state index < -0.39 is 0 Å². The lowest BCUT2D eigenvalue weighted by Gasteiger charge is -2.05. The summed E-state index contributed by atoms with van der Waals surface area (Å²) in [5.74, 6) is -0.665. The Bertz CT molecular complexity index is 568. The Morgan fingerprint density at radius 2 is 0.610 bits per heavy atom. The maximum absolute atomic E-state index is 11.9. The van der Waals surface area contributed by atoms with E-state index in [1.807, 2.05) is 0 Å². The largest absolute Gasteiger partial charge is 0.393 e. The highest BCUT2D eigenvalue weighted by Crippen LogP contribution is 2.15. The number of carbonyl (C=O) groups excluding carboxylic acids is 2. The van der Waals surface area contributed by atoms with Gasteiger partial charge >= 0.3 is 11.9 Å². The lowest BCUT2D eigenvalue weighted by atomic mass is 10.0. The molecule has 0 aromatic carbocycles. The van der Waals surface area contributed by atoms with Crippen molar-refractivity contribution in [3.63, 3.8) is 0 Å².